The summed E-state index contributed by atoms with van der Waals surface area (Å²) in [5.41, 5.74) is -2.82. The zero-order chi connectivity index (χ0) is 15.9. The van der Waals surface area contributed by atoms with Gasteiger partial charge in [0.15, 0.2) is 23.3 Å². The number of nitrogens with one attached hydrogen (secondary N) is 1. The van der Waals surface area contributed by atoms with Crippen LogP contribution in [0.1, 0.15) is 6.92 Å². The molecule has 0 aromatic heterocycles. The fourth-order valence-corrected chi connectivity index (χ4v) is 1.99. The Morgan fingerprint density at radius 3 is 2.10 bits per heavy atom. The molecule has 0 bridgehead atoms. The molecule has 2 unspecified atom stereocenters. The van der Waals surface area contributed by atoms with Crippen LogP contribution in [0.25, 0.3) is 0 Å². The lowest BCUT2D eigenvalue weighted by atomic mass is 9.85. The van der Waals surface area contributed by atoms with Gasteiger partial charge >= 0.3 is 5.97 Å². The molecule has 1 aliphatic heterocycles. The van der Waals surface area contributed by atoms with Gasteiger partial charge in [0.25, 0.3) is 0 Å². The molecule has 1 aliphatic rings. The Balaban J connectivity index is 2.43. The third kappa shape index (κ3) is 2.31. The van der Waals surface area contributed by atoms with Gasteiger partial charge in [-0.15, -0.1) is 0 Å². The Labute approximate surface area is 115 Å². The molecule has 2 rings (SSSR count). The van der Waals surface area contributed by atoms with E-state index >= 15 is 0 Å². The normalized spacial score (nSPS) is 25.1. The first-order chi connectivity index (χ1) is 9.70. The van der Waals surface area contributed by atoms with Crippen molar-refractivity contribution in [3.63, 3.8) is 0 Å². The van der Waals surface area contributed by atoms with E-state index in [1.807, 2.05) is 0 Å². The highest BCUT2D eigenvalue weighted by Crippen LogP contribution is 2.34. The first kappa shape index (κ1) is 15.5. The van der Waals surface area contributed by atoms with Gasteiger partial charge in [-0.1, -0.05) is 0 Å². The van der Waals surface area contributed by atoms with Crippen molar-refractivity contribution in [3.8, 4) is 0 Å². The van der Waals surface area contributed by atoms with Gasteiger partial charge in [0, 0.05) is 0 Å². The van der Waals surface area contributed by atoms with Crippen molar-refractivity contribution < 1.29 is 36.6 Å². The summed E-state index contributed by atoms with van der Waals surface area (Å²) in [6.45, 7) is 0.740. The molecule has 0 aliphatic carbocycles. The van der Waals surface area contributed by atoms with Gasteiger partial charge in [-0.2, -0.15) is 0 Å². The zero-order valence-corrected chi connectivity index (χ0v) is 10.6. The summed E-state index contributed by atoms with van der Waals surface area (Å²) < 4.78 is 71.1. The lowest BCUT2D eigenvalue weighted by molar-refractivity contribution is -0.148. The van der Waals surface area contributed by atoms with E-state index in [0.717, 1.165) is 0 Å². The molecular formula is C12H10F5NO3. The average Bonchev–Trinajstić information content (AvgIpc) is 2.82. The second kappa shape index (κ2) is 5.14. The first-order valence-corrected chi connectivity index (χ1v) is 5.79. The molecule has 1 aromatic carbocycles. The Kier molecular flexibility index (Phi) is 3.79. The molecule has 2 atom stereocenters. The molecule has 1 fully saturated rings. The third-order valence-electron chi connectivity index (χ3n) is 3.47. The number of aliphatic carboxylic acids is 1. The Bertz CT molecular complexity index is 580. The van der Waals surface area contributed by atoms with Crippen LogP contribution < -0.4 is 5.32 Å². The van der Waals surface area contributed by atoms with Gasteiger partial charge in [0.05, 0.1) is 19.3 Å². The van der Waals surface area contributed by atoms with Gasteiger partial charge in [0.1, 0.15) is 11.1 Å². The highest BCUT2D eigenvalue weighted by atomic mass is 19.2. The zero-order valence-electron chi connectivity index (χ0n) is 10.6. The van der Waals surface area contributed by atoms with E-state index in [-0.39, 0.29) is 13.2 Å². The number of hydrogen-bond donors (Lipinski definition) is 2. The molecule has 2 N–H and O–H groups in total. The molecule has 1 heterocycles. The number of carboxylic acids is 1. The van der Waals surface area contributed by atoms with Crippen LogP contribution in [0, 0.1) is 34.5 Å². The molecule has 9 heteroatoms. The second-order valence-corrected chi connectivity index (χ2v) is 4.88. The summed E-state index contributed by atoms with van der Waals surface area (Å²) in [5, 5.41) is 11.2. The molecule has 116 valence electrons. The minimum Gasteiger partial charge on any atom is -0.481 e. The van der Waals surface area contributed by atoms with Crippen molar-refractivity contribution in [2.45, 2.75) is 13.0 Å². The van der Waals surface area contributed by atoms with E-state index in [1.54, 1.807) is 0 Å². The Morgan fingerprint density at radius 1 is 1.14 bits per heavy atom. The first-order valence-electron chi connectivity index (χ1n) is 5.79. The van der Waals surface area contributed by atoms with Gasteiger partial charge in [0.2, 0.25) is 5.82 Å². The second-order valence-electron chi connectivity index (χ2n) is 4.88. The maximum atomic E-state index is 13.5. The summed E-state index contributed by atoms with van der Waals surface area (Å²) >= 11 is 0. The van der Waals surface area contributed by atoms with Crippen LogP contribution in [0.3, 0.4) is 0 Å². The van der Waals surface area contributed by atoms with Crippen LogP contribution >= 0.6 is 0 Å². The van der Waals surface area contributed by atoms with Gasteiger partial charge in [-0.25, -0.2) is 22.0 Å². The van der Waals surface area contributed by atoms with Crippen LogP contribution in [0.15, 0.2) is 0 Å². The monoisotopic (exact) mass is 311 g/mol. The largest absolute Gasteiger partial charge is 0.481 e. The van der Waals surface area contributed by atoms with Gasteiger partial charge in [-0.3, -0.25) is 4.79 Å². The fraction of sp³-hybridized carbons (Fsp3) is 0.417. The molecule has 0 radical (unpaired) electrons. The van der Waals surface area contributed by atoms with Crippen LogP contribution in [-0.2, 0) is 9.53 Å². The van der Waals surface area contributed by atoms with E-state index in [2.05, 4.69) is 5.32 Å². The Morgan fingerprint density at radius 2 is 1.62 bits per heavy atom. The van der Waals surface area contributed by atoms with Crippen LogP contribution in [0.5, 0.6) is 0 Å². The predicted molar refractivity (Wildman–Crippen MR) is 60.2 cm³/mol. The number of carbonyl (C=O) groups is 1. The average molecular weight is 311 g/mol. The number of halogens is 5. The number of rotatable bonds is 3. The van der Waals surface area contributed by atoms with Crippen LogP contribution in [0.2, 0.25) is 0 Å². The van der Waals surface area contributed by atoms with E-state index in [0.29, 0.717) is 0 Å². The lowest BCUT2D eigenvalue weighted by Crippen LogP contribution is -2.43. The summed E-state index contributed by atoms with van der Waals surface area (Å²) in [5.74, 6) is -11.9. The highest BCUT2D eigenvalue weighted by Gasteiger charge is 2.47. The van der Waals surface area contributed by atoms with Crippen molar-refractivity contribution >= 4 is 11.7 Å². The van der Waals surface area contributed by atoms with E-state index in [9.17, 15) is 26.7 Å². The van der Waals surface area contributed by atoms with Crippen molar-refractivity contribution in [3.05, 3.63) is 29.1 Å². The summed E-state index contributed by atoms with van der Waals surface area (Å²) in [6, 6.07) is -1.15. The van der Waals surface area contributed by atoms with Gasteiger partial charge in [-0.05, 0) is 6.92 Å². The van der Waals surface area contributed by atoms with Crippen LogP contribution in [-0.4, -0.2) is 30.3 Å². The maximum Gasteiger partial charge on any atom is 0.313 e. The summed E-state index contributed by atoms with van der Waals surface area (Å²) in [4.78, 5) is 11.2. The number of anilines is 1. The smallest absolute Gasteiger partial charge is 0.313 e. The SMILES string of the molecule is CC1(C(=O)O)COCC1Nc1c(F)c(F)c(F)c(F)c1F. The molecule has 0 spiro atoms. The standard InChI is InChI=1S/C12H10F5NO3/c1-12(11(19)20)3-21-2-4(12)18-10-8(16)6(14)5(13)7(15)9(10)17/h4,18H,2-3H2,1H3,(H,19,20). The van der Waals surface area contributed by atoms with E-state index < -0.39 is 52.2 Å². The van der Waals surface area contributed by atoms with E-state index in [4.69, 9.17) is 9.84 Å². The molecule has 1 saturated heterocycles. The Hall–Kier alpha value is -1.90. The lowest BCUT2D eigenvalue weighted by Gasteiger charge is -2.26. The number of ether oxygens (including phenoxy) is 1. The third-order valence-corrected chi connectivity index (χ3v) is 3.47. The van der Waals surface area contributed by atoms with Crippen molar-refractivity contribution in [2.24, 2.45) is 5.41 Å². The van der Waals surface area contributed by atoms with E-state index in [1.165, 1.54) is 6.92 Å². The molecule has 21 heavy (non-hydrogen) atoms. The topological polar surface area (TPSA) is 58.6 Å². The molecule has 0 saturated carbocycles. The highest BCUT2D eigenvalue weighted by molar-refractivity contribution is 5.76. The van der Waals surface area contributed by atoms with Crippen molar-refractivity contribution in [1.82, 2.24) is 0 Å². The number of hydrogen-bond acceptors (Lipinski definition) is 3. The summed E-state index contributed by atoms with van der Waals surface area (Å²) in [7, 11) is 0. The fourth-order valence-electron chi connectivity index (χ4n) is 1.99. The predicted octanol–water partition coefficient (Wildman–Crippen LogP) is 2.28. The quantitative estimate of drug-likeness (QED) is 0.511. The molecular weight excluding hydrogens is 301 g/mol. The van der Waals surface area contributed by atoms with Crippen LogP contribution in [0.4, 0.5) is 27.6 Å². The summed E-state index contributed by atoms with van der Waals surface area (Å²) in [6.07, 6.45) is 0. The molecule has 1 aromatic rings. The minimum atomic E-state index is -2.28. The maximum absolute atomic E-state index is 13.5. The van der Waals surface area contributed by atoms with Crippen molar-refractivity contribution in [1.29, 1.82) is 0 Å². The molecule has 4 nitrogen and oxygen atoms in total. The number of carboxylic acid groups (broad SMARTS) is 1. The molecule has 0 amide bonds. The number of benzene rings is 1. The van der Waals surface area contributed by atoms with Crippen molar-refractivity contribution in [2.75, 3.05) is 18.5 Å². The minimum absolute atomic E-state index is 0.248. The van der Waals surface area contributed by atoms with Gasteiger partial charge < -0.3 is 15.2 Å².